The number of carbonyl (C=O) groups excluding carboxylic acids is 2. The fraction of sp³-hybridized carbons (Fsp3) is 0.474. The Hall–Kier alpha value is -2.54. The predicted molar refractivity (Wildman–Crippen MR) is 98.2 cm³/mol. The van der Waals surface area contributed by atoms with Crippen LogP contribution in [0.3, 0.4) is 0 Å². The lowest BCUT2D eigenvalue weighted by Crippen LogP contribution is -2.50. The third-order valence-electron chi connectivity index (χ3n) is 5.06. The number of amides is 2. The molecule has 1 aromatic carbocycles. The van der Waals surface area contributed by atoms with Gasteiger partial charge in [0.1, 0.15) is 5.75 Å². The molecule has 2 amide bonds. The first kappa shape index (κ1) is 18.3. The van der Waals surface area contributed by atoms with Crippen LogP contribution in [0.15, 0.2) is 24.4 Å². The summed E-state index contributed by atoms with van der Waals surface area (Å²) in [7, 11) is 3.17. The minimum absolute atomic E-state index is 0.106. The van der Waals surface area contributed by atoms with Crippen molar-refractivity contribution < 1.29 is 19.4 Å². The molecule has 140 valence electrons. The van der Waals surface area contributed by atoms with Gasteiger partial charge in [0, 0.05) is 43.7 Å². The number of nitrogens with zero attached hydrogens (tertiary/aromatic N) is 1. The van der Waals surface area contributed by atoms with Gasteiger partial charge in [-0.15, -0.1) is 0 Å². The molecule has 1 fully saturated rings. The lowest BCUT2D eigenvalue weighted by atomic mass is 9.88. The molecule has 2 heterocycles. The SMILES string of the molecule is CNC(=O)CC[C@@]1(O)CCCN(C(=O)c2c[nH]c3ccc(OC)cc23)C1. The van der Waals surface area contributed by atoms with Crippen molar-refractivity contribution in [1.82, 2.24) is 15.2 Å². The summed E-state index contributed by atoms with van der Waals surface area (Å²) in [5.74, 6) is 0.458. The first-order valence-corrected chi connectivity index (χ1v) is 8.83. The van der Waals surface area contributed by atoms with Gasteiger partial charge >= 0.3 is 0 Å². The Labute approximate surface area is 152 Å². The van der Waals surface area contributed by atoms with Crippen LogP contribution in [-0.4, -0.2) is 59.7 Å². The highest BCUT2D eigenvalue weighted by Gasteiger charge is 2.36. The van der Waals surface area contributed by atoms with E-state index in [9.17, 15) is 14.7 Å². The number of carbonyl (C=O) groups is 2. The minimum atomic E-state index is -1.02. The van der Waals surface area contributed by atoms with Crippen LogP contribution < -0.4 is 10.1 Å². The number of hydrogen-bond donors (Lipinski definition) is 3. The first-order valence-electron chi connectivity index (χ1n) is 8.83. The second-order valence-electron chi connectivity index (χ2n) is 6.84. The molecular formula is C19H25N3O4. The third kappa shape index (κ3) is 3.67. The molecule has 7 heteroatoms. The average molecular weight is 359 g/mol. The summed E-state index contributed by atoms with van der Waals surface area (Å²) in [4.78, 5) is 29.3. The van der Waals surface area contributed by atoms with Crippen molar-refractivity contribution in [3.05, 3.63) is 30.0 Å². The molecule has 0 aliphatic carbocycles. The highest BCUT2D eigenvalue weighted by atomic mass is 16.5. The summed E-state index contributed by atoms with van der Waals surface area (Å²) in [6.07, 6.45) is 3.60. The molecular weight excluding hydrogens is 334 g/mol. The second kappa shape index (κ2) is 7.37. The molecule has 1 aromatic heterocycles. The molecule has 3 N–H and O–H groups in total. The number of ether oxygens (including phenoxy) is 1. The number of rotatable bonds is 5. The van der Waals surface area contributed by atoms with Crippen LogP contribution in [-0.2, 0) is 4.79 Å². The topological polar surface area (TPSA) is 94.7 Å². The number of methoxy groups -OCH3 is 1. The molecule has 0 radical (unpaired) electrons. The smallest absolute Gasteiger partial charge is 0.256 e. The zero-order chi connectivity index (χ0) is 18.7. The van der Waals surface area contributed by atoms with Gasteiger partial charge in [0.25, 0.3) is 5.91 Å². The molecule has 2 aromatic rings. The van der Waals surface area contributed by atoms with Gasteiger partial charge in [0.05, 0.1) is 18.3 Å². The van der Waals surface area contributed by atoms with E-state index in [1.807, 2.05) is 18.2 Å². The van der Waals surface area contributed by atoms with E-state index < -0.39 is 5.60 Å². The molecule has 0 spiro atoms. The molecule has 3 rings (SSSR count). The van der Waals surface area contributed by atoms with Crippen LogP contribution in [0.4, 0.5) is 0 Å². The Balaban J connectivity index is 1.78. The van der Waals surface area contributed by atoms with Crippen LogP contribution in [0, 0.1) is 0 Å². The van der Waals surface area contributed by atoms with Crippen molar-refractivity contribution in [3.63, 3.8) is 0 Å². The van der Waals surface area contributed by atoms with Crippen LogP contribution >= 0.6 is 0 Å². The Morgan fingerprint density at radius 2 is 2.23 bits per heavy atom. The van der Waals surface area contributed by atoms with E-state index in [1.54, 1.807) is 25.3 Å². The molecule has 0 saturated carbocycles. The van der Waals surface area contributed by atoms with Crippen molar-refractivity contribution >= 4 is 22.7 Å². The van der Waals surface area contributed by atoms with Crippen LogP contribution in [0.5, 0.6) is 5.75 Å². The summed E-state index contributed by atoms with van der Waals surface area (Å²) < 4.78 is 5.25. The average Bonchev–Trinajstić information content (AvgIpc) is 3.08. The monoisotopic (exact) mass is 359 g/mol. The molecule has 1 atom stereocenters. The summed E-state index contributed by atoms with van der Waals surface area (Å²) in [5.41, 5.74) is 0.403. The number of likely N-dealkylation sites (tertiary alicyclic amines) is 1. The molecule has 7 nitrogen and oxygen atoms in total. The third-order valence-corrected chi connectivity index (χ3v) is 5.06. The van der Waals surface area contributed by atoms with Crippen molar-refractivity contribution in [3.8, 4) is 5.75 Å². The van der Waals surface area contributed by atoms with E-state index in [-0.39, 0.29) is 24.8 Å². The molecule has 1 saturated heterocycles. The highest BCUT2D eigenvalue weighted by molar-refractivity contribution is 6.07. The van der Waals surface area contributed by atoms with Gasteiger partial charge in [0.2, 0.25) is 5.91 Å². The zero-order valence-electron chi connectivity index (χ0n) is 15.2. The Morgan fingerprint density at radius 1 is 1.42 bits per heavy atom. The maximum atomic E-state index is 13.0. The van der Waals surface area contributed by atoms with Crippen molar-refractivity contribution in [2.45, 2.75) is 31.3 Å². The van der Waals surface area contributed by atoms with E-state index in [1.165, 1.54) is 0 Å². The number of aromatic amines is 1. The van der Waals surface area contributed by atoms with Gasteiger partial charge in [-0.3, -0.25) is 9.59 Å². The van der Waals surface area contributed by atoms with Crippen molar-refractivity contribution in [2.75, 3.05) is 27.2 Å². The maximum absolute atomic E-state index is 13.0. The Morgan fingerprint density at radius 3 is 2.96 bits per heavy atom. The fourth-order valence-corrected chi connectivity index (χ4v) is 3.53. The number of fused-ring (bicyclic) bond motifs is 1. The lowest BCUT2D eigenvalue weighted by molar-refractivity contribution is -0.122. The van der Waals surface area contributed by atoms with Crippen molar-refractivity contribution in [1.29, 1.82) is 0 Å². The molecule has 26 heavy (non-hydrogen) atoms. The summed E-state index contributed by atoms with van der Waals surface area (Å²) >= 11 is 0. The Kier molecular flexibility index (Phi) is 5.18. The van der Waals surface area contributed by atoms with E-state index in [0.717, 1.165) is 10.9 Å². The van der Waals surface area contributed by atoms with Gasteiger partial charge < -0.3 is 25.0 Å². The normalized spacial score (nSPS) is 20.2. The molecule has 1 aliphatic heterocycles. The number of hydrogen-bond acceptors (Lipinski definition) is 4. The summed E-state index contributed by atoms with van der Waals surface area (Å²) in [6.45, 7) is 0.831. The van der Waals surface area contributed by atoms with E-state index >= 15 is 0 Å². The lowest BCUT2D eigenvalue weighted by Gasteiger charge is -2.39. The maximum Gasteiger partial charge on any atom is 0.256 e. The quantitative estimate of drug-likeness (QED) is 0.757. The zero-order valence-corrected chi connectivity index (χ0v) is 15.2. The second-order valence-corrected chi connectivity index (χ2v) is 6.84. The van der Waals surface area contributed by atoms with Gasteiger partial charge in [-0.05, 0) is 37.5 Å². The van der Waals surface area contributed by atoms with E-state index in [4.69, 9.17) is 4.74 Å². The van der Waals surface area contributed by atoms with Crippen molar-refractivity contribution in [2.24, 2.45) is 0 Å². The fourth-order valence-electron chi connectivity index (χ4n) is 3.53. The standard InChI is InChI=1S/C19H25N3O4/c1-20-17(23)6-8-19(25)7-3-9-22(12-19)18(24)15-11-21-16-5-4-13(26-2)10-14(15)16/h4-5,10-11,21,25H,3,6-9,12H2,1-2H3,(H,20,23)/t19-/m0/s1. The largest absolute Gasteiger partial charge is 0.497 e. The predicted octanol–water partition coefficient (Wildman–Crippen LogP) is 1.67. The molecule has 0 unspecified atom stereocenters. The van der Waals surface area contributed by atoms with E-state index in [2.05, 4.69) is 10.3 Å². The first-order chi connectivity index (χ1) is 12.5. The van der Waals surface area contributed by atoms with Crippen LogP contribution in [0.25, 0.3) is 10.9 Å². The Bertz CT molecular complexity index is 816. The summed E-state index contributed by atoms with van der Waals surface area (Å²) in [5, 5.41) is 14.2. The van der Waals surface area contributed by atoms with Crippen LogP contribution in [0.1, 0.15) is 36.0 Å². The number of benzene rings is 1. The number of nitrogens with one attached hydrogen (secondary N) is 2. The van der Waals surface area contributed by atoms with Crippen LogP contribution in [0.2, 0.25) is 0 Å². The molecule has 1 aliphatic rings. The van der Waals surface area contributed by atoms with Gasteiger partial charge in [-0.2, -0.15) is 0 Å². The van der Waals surface area contributed by atoms with Gasteiger partial charge in [-0.1, -0.05) is 0 Å². The van der Waals surface area contributed by atoms with Gasteiger partial charge in [0.15, 0.2) is 0 Å². The highest BCUT2D eigenvalue weighted by Crippen LogP contribution is 2.29. The van der Waals surface area contributed by atoms with Gasteiger partial charge in [-0.25, -0.2) is 0 Å². The number of β-amino-alcohol motifs (C(OH)–C–C–N with tert-alkyl or cyclic N) is 1. The van der Waals surface area contributed by atoms with E-state index in [0.29, 0.717) is 37.1 Å². The number of aliphatic hydroxyl groups is 1. The number of piperidine rings is 1. The number of aromatic nitrogens is 1. The summed E-state index contributed by atoms with van der Waals surface area (Å²) in [6, 6.07) is 5.55. The molecule has 0 bridgehead atoms. The number of H-pyrrole nitrogens is 1. The minimum Gasteiger partial charge on any atom is -0.497 e.